The molecular weight excluding hydrogens is 430 g/mol. The van der Waals surface area contributed by atoms with E-state index in [1.54, 1.807) is 6.33 Å². The third kappa shape index (κ3) is 3.79. The maximum Gasteiger partial charge on any atom is 0.251 e. The number of hydrogen-bond donors (Lipinski definition) is 3. The molecule has 9 heteroatoms. The Hall–Kier alpha value is -3.46. The van der Waals surface area contributed by atoms with Gasteiger partial charge in [-0.05, 0) is 58.2 Å². The number of benzene rings is 1. The molecule has 1 amide bonds. The van der Waals surface area contributed by atoms with Gasteiger partial charge in [-0.3, -0.25) is 4.79 Å². The minimum absolute atomic E-state index is 0.0593. The zero-order chi connectivity index (χ0) is 24.0. The van der Waals surface area contributed by atoms with Crippen LogP contribution in [0.1, 0.15) is 49.5 Å². The molecular formula is C25H31N7O2. The van der Waals surface area contributed by atoms with Gasteiger partial charge in [0, 0.05) is 42.8 Å². The van der Waals surface area contributed by atoms with Crippen LogP contribution in [0.25, 0.3) is 33.3 Å². The van der Waals surface area contributed by atoms with E-state index >= 15 is 0 Å². The van der Waals surface area contributed by atoms with Gasteiger partial charge in [0.1, 0.15) is 17.8 Å². The Balaban J connectivity index is 1.60. The lowest BCUT2D eigenvalue weighted by atomic mass is 10.1. The first kappa shape index (κ1) is 22.3. The van der Waals surface area contributed by atoms with Crippen LogP contribution in [-0.4, -0.2) is 56.9 Å². The van der Waals surface area contributed by atoms with Crippen LogP contribution >= 0.6 is 0 Å². The van der Waals surface area contributed by atoms with Crippen LogP contribution in [0, 0.1) is 6.92 Å². The number of anilines is 1. The van der Waals surface area contributed by atoms with E-state index in [1.807, 2.05) is 29.9 Å². The van der Waals surface area contributed by atoms with Gasteiger partial charge in [0.25, 0.3) is 5.91 Å². The van der Waals surface area contributed by atoms with E-state index in [1.165, 1.54) is 0 Å². The van der Waals surface area contributed by atoms with E-state index in [0.717, 1.165) is 57.5 Å². The van der Waals surface area contributed by atoms with Crippen molar-refractivity contribution in [1.29, 1.82) is 0 Å². The third-order valence-electron chi connectivity index (χ3n) is 6.45. The van der Waals surface area contributed by atoms with Gasteiger partial charge >= 0.3 is 0 Å². The fourth-order valence-corrected chi connectivity index (χ4v) is 4.61. The molecule has 0 radical (unpaired) electrons. The van der Waals surface area contributed by atoms with Crippen LogP contribution in [-0.2, 0) is 10.3 Å². The van der Waals surface area contributed by atoms with E-state index in [9.17, 15) is 4.79 Å². The predicted octanol–water partition coefficient (Wildman–Crippen LogP) is 3.99. The van der Waals surface area contributed by atoms with Crippen molar-refractivity contribution in [2.75, 3.05) is 25.6 Å². The smallest absolute Gasteiger partial charge is 0.251 e. The predicted molar refractivity (Wildman–Crippen MR) is 133 cm³/mol. The summed E-state index contributed by atoms with van der Waals surface area (Å²) in [6.45, 7) is 9.76. The number of fused-ring (bicyclic) bond motifs is 2. The van der Waals surface area contributed by atoms with E-state index in [-0.39, 0.29) is 17.5 Å². The van der Waals surface area contributed by atoms with Crippen LogP contribution in [0.15, 0.2) is 24.5 Å². The molecule has 0 spiro atoms. The molecule has 178 valence electrons. The quantitative estimate of drug-likeness (QED) is 0.424. The van der Waals surface area contributed by atoms with Crippen molar-refractivity contribution < 1.29 is 9.53 Å². The van der Waals surface area contributed by atoms with Crippen LogP contribution in [0.2, 0.25) is 0 Å². The second kappa shape index (κ2) is 8.39. The van der Waals surface area contributed by atoms with Crippen molar-refractivity contribution >= 4 is 33.7 Å². The monoisotopic (exact) mass is 461 g/mol. The molecule has 9 nitrogen and oxygen atoms in total. The number of H-pyrrole nitrogens is 1. The lowest BCUT2D eigenvalue weighted by Crippen LogP contribution is -2.38. The molecule has 3 aromatic heterocycles. The maximum atomic E-state index is 12.9. The summed E-state index contributed by atoms with van der Waals surface area (Å²) in [5.74, 6) is 0.668. The van der Waals surface area contributed by atoms with E-state index in [4.69, 9.17) is 9.84 Å². The summed E-state index contributed by atoms with van der Waals surface area (Å²) in [6.07, 6.45) is 3.25. The Morgan fingerprint density at radius 1 is 1.21 bits per heavy atom. The molecule has 1 aliphatic heterocycles. The van der Waals surface area contributed by atoms with Gasteiger partial charge in [-0.2, -0.15) is 5.10 Å². The summed E-state index contributed by atoms with van der Waals surface area (Å²) >= 11 is 0. The summed E-state index contributed by atoms with van der Waals surface area (Å²) in [4.78, 5) is 25.4. The van der Waals surface area contributed by atoms with Gasteiger partial charge in [0.05, 0.1) is 16.6 Å². The number of aromatic nitrogens is 5. The van der Waals surface area contributed by atoms with Crippen molar-refractivity contribution in [3.63, 3.8) is 0 Å². The zero-order valence-electron chi connectivity index (χ0n) is 20.3. The number of hydrogen-bond acceptors (Lipinski definition) is 6. The number of carbonyl (C=O) groups is 1. The Morgan fingerprint density at radius 3 is 2.68 bits per heavy atom. The molecule has 0 unspecified atom stereocenters. The fourth-order valence-electron chi connectivity index (χ4n) is 4.61. The second-order valence-corrected chi connectivity index (χ2v) is 9.85. The number of amides is 1. The van der Waals surface area contributed by atoms with Crippen LogP contribution in [0.4, 0.5) is 5.82 Å². The van der Waals surface area contributed by atoms with Crippen LogP contribution in [0.5, 0.6) is 0 Å². The molecule has 1 aromatic carbocycles. The van der Waals surface area contributed by atoms with E-state index in [2.05, 4.69) is 53.3 Å². The number of ether oxygens (including phenoxy) is 1. The molecule has 0 aliphatic carbocycles. The molecule has 1 saturated heterocycles. The van der Waals surface area contributed by atoms with Crippen molar-refractivity contribution in [2.45, 2.75) is 52.1 Å². The van der Waals surface area contributed by atoms with Gasteiger partial charge in [-0.1, -0.05) is 6.07 Å². The first-order valence-corrected chi connectivity index (χ1v) is 11.7. The van der Waals surface area contributed by atoms with Gasteiger partial charge in [0.15, 0.2) is 5.65 Å². The fraction of sp³-hybridized carbons (Fsp3) is 0.440. The summed E-state index contributed by atoms with van der Waals surface area (Å²) in [6, 6.07) is 5.96. The molecule has 1 fully saturated rings. The van der Waals surface area contributed by atoms with Gasteiger partial charge < -0.3 is 20.4 Å². The maximum absolute atomic E-state index is 12.9. The SMILES string of the molecule is CNc1ncnc2c1c(-c1[nH]c3cc(C(=O)NC4CCOCC4)ccc3c1C)nn2C(C)(C)C. The number of aromatic amines is 1. The van der Waals surface area contributed by atoms with E-state index in [0.29, 0.717) is 18.8 Å². The van der Waals surface area contributed by atoms with Crippen molar-refractivity contribution in [3.8, 4) is 11.4 Å². The minimum atomic E-state index is -0.259. The molecule has 4 aromatic rings. The number of nitrogens with one attached hydrogen (secondary N) is 3. The standard InChI is InChI=1S/C25H31N7O2/c1-14-17-7-6-15(24(33)29-16-8-10-34-11-9-16)12-18(17)30-20(14)21-19-22(26-5)27-13-28-23(19)32(31-21)25(2,3)4/h6-7,12-13,16,30H,8-11H2,1-5H3,(H,29,33)(H,26,27,28). The average molecular weight is 462 g/mol. The summed E-state index contributed by atoms with van der Waals surface area (Å²) < 4.78 is 7.34. The number of rotatable bonds is 4. The summed E-state index contributed by atoms with van der Waals surface area (Å²) in [7, 11) is 1.85. The Kier molecular flexibility index (Phi) is 5.51. The number of nitrogens with zero attached hydrogens (tertiary/aromatic N) is 4. The highest BCUT2D eigenvalue weighted by Gasteiger charge is 2.26. The topological polar surface area (TPSA) is 110 Å². The highest BCUT2D eigenvalue weighted by molar-refractivity contribution is 6.04. The minimum Gasteiger partial charge on any atom is -0.381 e. The lowest BCUT2D eigenvalue weighted by Gasteiger charge is -2.23. The lowest BCUT2D eigenvalue weighted by molar-refractivity contribution is 0.0696. The van der Waals surface area contributed by atoms with Gasteiger partial charge in [0.2, 0.25) is 0 Å². The molecule has 0 saturated carbocycles. The van der Waals surface area contributed by atoms with Crippen LogP contribution in [0.3, 0.4) is 0 Å². The summed E-state index contributed by atoms with van der Waals surface area (Å²) in [5.41, 5.74) is 4.80. The zero-order valence-corrected chi connectivity index (χ0v) is 20.3. The number of carbonyl (C=O) groups excluding carboxylic acids is 1. The first-order valence-electron chi connectivity index (χ1n) is 11.7. The highest BCUT2D eigenvalue weighted by Crippen LogP contribution is 2.37. The molecule has 1 aliphatic rings. The van der Waals surface area contributed by atoms with Crippen molar-refractivity contribution in [2.24, 2.45) is 0 Å². The average Bonchev–Trinajstić information content (AvgIpc) is 3.37. The molecule has 0 atom stereocenters. The molecule has 4 heterocycles. The van der Waals surface area contributed by atoms with Crippen molar-refractivity contribution in [1.82, 2.24) is 30.0 Å². The molecule has 3 N–H and O–H groups in total. The summed E-state index contributed by atoms with van der Waals surface area (Å²) in [5, 5.41) is 13.2. The van der Waals surface area contributed by atoms with Gasteiger partial charge in [-0.15, -0.1) is 0 Å². The van der Waals surface area contributed by atoms with Crippen LogP contribution < -0.4 is 10.6 Å². The Labute approximate surface area is 198 Å². The Morgan fingerprint density at radius 2 is 1.97 bits per heavy atom. The first-order chi connectivity index (χ1) is 16.3. The third-order valence-corrected chi connectivity index (χ3v) is 6.45. The van der Waals surface area contributed by atoms with Crippen molar-refractivity contribution in [3.05, 3.63) is 35.7 Å². The van der Waals surface area contributed by atoms with E-state index < -0.39 is 0 Å². The Bertz CT molecular complexity index is 1370. The number of aryl methyl sites for hydroxylation is 1. The second-order valence-electron chi connectivity index (χ2n) is 9.85. The largest absolute Gasteiger partial charge is 0.381 e. The molecule has 34 heavy (non-hydrogen) atoms. The van der Waals surface area contributed by atoms with Gasteiger partial charge in [-0.25, -0.2) is 14.6 Å². The highest BCUT2D eigenvalue weighted by atomic mass is 16.5. The normalized spacial score (nSPS) is 15.2. The molecule has 0 bridgehead atoms. The molecule has 5 rings (SSSR count).